The highest BCUT2D eigenvalue weighted by molar-refractivity contribution is 5.96. The predicted molar refractivity (Wildman–Crippen MR) is 120 cm³/mol. The molecule has 2 N–H and O–H groups in total. The molecule has 7 heteroatoms. The van der Waals surface area contributed by atoms with Crippen LogP contribution in [-0.2, 0) is 20.7 Å². The van der Waals surface area contributed by atoms with E-state index in [0.29, 0.717) is 19.4 Å². The van der Waals surface area contributed by atoms with Gasteiger partial charge in [-0.3, -0.25) is 9.59 Å². The lowest BCUT2D eigenvalue weighted by Crippen LogP contribution is -2.59. The normalized spacial score (nSPS) is 26.0. The summed E-state index contributed by atoms with van der Waals surface area (Å²) in [6.07, 6.45) is 1.89. The fourth-order valence-corrected chi connectivity index (χ4v) is 4.45. The van der Waals surface area contributed by atoms with Gasteiger partial charge in [-0.25, -0.2) is 4.79 Å². The Morgan fingerprint density at radius 3 is 2.65 bits per heavy atom. The zero-order valence-corrected chi connectivity index (χ0v) is 19.2. The van der Waals surface area contributed by atoms with Crippen LogP contribution in [0.15, 0.2) is 24.3 Å². The molecule has 1 saturated heterocycles. The molecule has 0 unspecified atom stereocenters. The molecule has 1 aromatic rings. The molecular formula is C24H35N3O4. The molecule has 0 spiro atoms. The molecular weight excluding hydrogens is 394 g/mol. The van der Waals surface area contributed by atoms with E-state index in [1.807, 2.05) is 52.0 Å². The molecule has 2 aliphatic rings. The molecule has 0 bridgehead atoms. The monoisotopic (exact) mass is 429 g/mol. The maximum atomic E-state index is 12.7. The average molecular weight is 430 g/mol. The van der Waals surface area contributed by atoms with Crippen LogP contribution < -0.4 is 10.6 Å². The number of fused-ring (bicyclic) bond motifs is 1. The SMILES string of the molecule is C[C@@H]1CCN(C(=O)OC(C)(C)C)[C@H](C)[C@@H]1NC(=O)CC[C@@H]1Cc2ccccc2NC1=O. The maximum absolute atomic E-state index is 12.7. The van der Waals surface area contributed by atoms with Gasteiger partial charge >= 0.3 is 6.09 Å². The van der Waals surface area contributed by atoms with E-state index in [4.69, 9.17) is 4.74 Å². The van der Waals surface area contributed by atoms with E-state index < -0.39 is 5.60 Å². The Morgan fingerprint density at radius 1 is 1.23 bits per heavy atom. The van der Waals surface area contributed by atoms with Gasteiger partial charge in [0.05, 0.1) is 12.1 Å². The van der Waals surface area contributed by atoms with Crippen LogP contribution in [0.4, 0.5) is 10.5 Å². The summed E-state index contributed by atoms with van der Waals surface area (Å²) in [5, 5.41) is 6.06. The highest BCUT2D eigenvalue weighted by atomic mass is 16.6. The van der Waals surface area contributed by atoms with Gasteiger partial charge in [-0.05, 0) is 64.5 Å². The molecule has 1 fully saturated rings. The molecule has 0 aliphatic carbocycles. The Morgan fingerprint density at radius 2 is 1.94 bits per heavy atom. The van der Waals surface area contributed by atoms with Gasteiger partial charge in [-0.15, -0.1) is 0 Å². The van der Waals surface area contributed by atoms with Crippen molar-refractivity contribution >= 4 is 23.6 Å². The topological polar surface area (TPSA) is 87.7 Å². The highest BCUT2D eigenvalue weighted by Gasteiger charge is 2.38. The quantitative estimate of drug-likeness (QED) is 0.763. The van der Waals surface area contributed by atoms with Crippen molar-refractivity contribution < 1.29 is 19.1 Å². The molecule has 0 aromatic heterocycles. The van der Waals surface area contributed by atoms with Crippen LogP contribution in [0, 0.1) is 11.8 Å². The van der Waals surface area contributed by atoms with E-state index in [0.717, 1.165) is 17.7 Å². The molecule has 0 radical (unpaired) electrons. The lowest BCUT2D eigenvalue weighted by molar-refractivity contribution is -0.124. The summed E-state index contributed by atoms with van der Waals surface area (Å²) in [5.74, 6) is -0.0639. The van der Waals surface area contributed by atoms with Gasteiger partial charge in [0.2, 0.25) is 11.8 Å². The number of para-hydroxylation sites is 1. The summed E-state index contributed by atoms with van der Waals surface area (Å²) in [7, 11) is 0. The number of carbonyl (C=O) groups is 3. The first-order valence-corrected chi connectivity index (χ1v) is 11.2. The third-order valence-electron chi connectivity index (χ3n) is 6.24. The molecule has 1 aromatic carbocycles. The van der Waals surface area contributed by atoms with Crippen molar-refractivity contribution in [2.75, 3.05) is 11.9 Å². The molecule has 2 aliphatic heterocycles. The lowest BCUT2D eigenvalue weighted by atomic mass is 9.87. The summed E-state index contributed by atoms with van der Waals surface area (Å²) in [4.78, 5) is 39.4. The number of carbonyl (C=O) groups excluding carboxylic acids is 3. The first-order chi connectivity index (χ1) is 14.5. The average Bonchev–Trinajstić information content (AvgIpc) is 2.68. The number of anilines is 1. The third kappa shape index (κ3) is 5.77. The van der Waals surface area contributed by atoms with Crippen LogP contribution in [0.2, 0.25) is 0 Å². The van der Waals surface area contributed by atoms with Gasteiger partial charge < -0.3 is 20.3 Å². The number of benzene rings is 1. The molecule has 31 heavy (non-hydrogen) atoms. The van der Waals surface area contributed by atoms with Crippen LogP contribution in [0.3, 0.4) is 0 Å². The van der Waals surface area contributed by atoms with Crippen LogP contribution in [-0.4, -0.2) is 47.0 Å². The van der Waals surface area contributed by atoms with E-state index >= 15 is 0 Å². The summed E-state index contributed by atoms with van der Waals surface area (Å²) in [5.41, 5.74) is 1.41. The first-order valence-electron chi connectivity index (χ1n) is 11.2. The Bertz CT molecular complexity index is 832. The summed E-state index contributed by atoms with van der Waals surface area (Å²) in [6, 6.07) is 7.47. The molecule has 7 nitrogen and oxygen atoms in total. The van der Waals surface area contributed by atoms with Crippen molar-refractivity contribution in [1.29, 1.82) is 0 Å². The second-order valence-corrected chi connectivity index (χ2v) is 9.86. The maximum Gasteiger partial charge on any atom is 0.410 e. The molecule has 4 atom stereocenters. The molecule has 2 heterocycles. The minimum absolute atomic E-state index is 0.0259. The number of nitrogens with zero attached hydrogens (tertiary/aromatic N) is 1. The number of nitrogens with one attached hydrogen (secondary N) is 2. The summed E-state index contributed by atoms with van der Waals surface area (Å²) < 4.78 is 5.53. The standard InChI is InChI=1S/C24H35N3O4/c1-15-12-13-27(23(30)31-24(3,4)5)16(2)21(15)26-20(28)11-10-18-14-17-8-6-7-9-19(17)25-22(18)29/h6-9,15-16,18,21H,10-14H2,1-5H3,(H,25,29)(H,26,28)/t15-,16-,18-,21-/m1/s1. The van der Waals surface area contributed by atoms with Gasteiger partial charge in [-0.2, -0.15) is 0 Å². The predicted octanol–water partition coefficient (Wildman–Crippen LogP) is 3.73. The van der Waals surface area contributed by atoms with Gasteiger partial charge in [0.1, 0.15) is 5.60 Å². The van der Waals surface area contributed by atoms with Gasteiger partial charge in [-0.1, -0.05) is 25.1 Å². The number of hydrogen-bond acceptors (Lipinski definition) is 4. The van der Waals surface area contributed by atoms with Crippen LogP contribution in [0.1, 0.15) is 59.4 Å². The molecule has 3 rings (SSSR count). The number of ether oxygens (including phenoxy) is 1. The fraction of sp³-hybridized carbons (Fsp3) is 0.625. The summed E-state index contributed by atoms with van der Waals surface area (Å²) >= 11 is 0. The van der Waals surface area contributed by atoms with Crippen molar-refractivity contribution in [1.82, 2.24) is 10.2 Å². The second kappa shape index (κ2) is 9.28. The number of hydrogen-bond donors (Lipinski definition) is 2. The number of piperidine rings is 1. The number of likely N-dealkylation sites (tertiary alicyclic amines) is 1. The van der Waals surface area contributed by atoms with Crippen LogP contribution in [0.5, 0.6) is 0 Å². The number of amides is 3. The zero-order valence-electron chi connectivity index (χ0n) is 19.2. The van der Waals surface area contributed by atoms with Crippen molar-refractivity contribution in [2.24, 2.45) is 11.8 Å². The second-order valence-electron chi connectivity index (χ2n) is 9.86. The minimum atomic E-state index is -0.558. The minimum Gasteiger partial charge on any atom is -0.444 e. The fourth-order valence-electron chi connectivity index (χ4n) is 4.45. The van der Waals surface area contributed by atoms with Crippen molar-refractivity contribution in [3.05, 3.63) is 29.8 Å². The van der Waals surface area contributed by atoms with E-state index in [9.17, 15) is 14.4 Å². The molecule has 170 valence electrons. The zero-order chi connectivity index (χ0) is 22.8. The Labute approximate surface area is 184 Å². The lowest BCUT2D eigenvalue weighted by Gasteiger charge is -2.43. The highest BCUT2D eigenvalue weighted by Crippen LogP contribution is 2.28. The van der Waals surface area contributed by atoms with Gasteiger partial charge in [0, 0.05) is 24.6 Å². The van der Waals surface area contributed by atoms with Gasteiger partial charge in [0.15, 0.2) is 0 Å². The Kier molecular flexibility index (Phi) is 6.92. The number of rotatable bonds is 4. The van der Waals surface area contributed by atoms with E-state index in [-0.39, 0.29) is 48.2 Å². The van der Waals surface area contributed by atoms with E-state index in [1.165, 1.54) is 0 Å². The Balaban J connectivity index is 1.55. The van der Waals surface area contributed by atoms with E-state index in [1.54, 1.807) is 4.90 Å². The largest absolute Gasteiger partial charge is 0.444 e. The van der Waals surface area contributed by atoms with Crippen molar-refractivity contribution in [3.8, 4) is 0 Å². The molecule has 3 amide bonds. The Hall–Kier alpha value is -2.57. The van der Waals surface area contributed by atoms with Gasteiger partial charge in [0.25, 0.3) is 0 Å². The summed E-state index contributed by atoms with van der Waals surface area (Å²) in [6.45, 7) is 10.2. The molecule has 0 saturated carbocycles. The first kappa shape index (κ1) is 23.1. The van der Waals surface area contributed by atoms with Crippen LogP contribution >= 0.6 is 0 Å². The van der Waals surface area contributed by atoms with Crippen molar-refractivity contribution in [3.63, 3.8) is 0 Å². The van der Waals surface area contributed by atoms with Crippen LogP contribution in [0.25, 0.3) is 0 Å². The third-order valence-corrected chi connectivity index (χ3v) is 6.24. The van der Waals surface area contributed by atoms with E-state index in [2.05, 4.69) is 17.6 Å². The van der Waals surface area contributed by atoms with Crippen molar-refractivity contribution in [2.45, 2.75) is 78.0 Å². The smallest absolute Gasteiger partial charge is 0.410 e.